The van der Waals surface area contributed by atoms with Crippen LogP contribution in [0, 0.1) is 0 Å². The molecule has 19 heavy (non-hydrogen) atoms. The van der Waals surface area contributed by atoms with Gasteiger partial charge in [0.25, 0.3) is 0 Å². The number of allylic oxidation sites excluding steroid dienone is 6. The van der Waals surface area contributed by atoms with Crippen molar-refractivity contribution < 1.29 is 9.59 Å². The summed E-state index contributed by atoms with van der Waals surface area (Å²) in [7, 11) is 0. The van der Waals surface area contributed by atoms with Gasteiger partial charge in [-0.25, -0.2) is 0 Å². The maximum absolute atomic E-state index is 12.0. The van der Waals surface area contributed by atoms with Gasteiger partial charge in [-0.05, 0) is 12.2 Å². The van der Waals surface area contributed by atoms with Gasteiger partial charge in [-0.15, -0.1) is 23.2 Å². The van der Waals surface area contributed by atoms with Gasteiger partial charge in [0.05, 0.1) is 10.1 Å². The maximum atomic E-state index is 12.0. The van der Waals surface area contributed by atoms with Gasteiger partial charge in [0.2, 0.25) is 0 Å². The third kappa shape index (κ3) is 1.21. The predicted octanol–water partition coefficient (Wildman–Crippen LogP) is 3.84. The molecule has 0 radical (unpaired) electrons. The molecule has 0 fully saturated rings. The molecule has 2 nitrogen and oxygen atoms in total. The van der Waals surface area contributed by atoms with Crippen molar-refractivity contribution >= 4 is 81.2 Å². The molecule has 0 heterocycles. The van der Waals surface area contributed by atoms with E-state index >= 15 is 0 Å². The van der Waals surface area contributed by atoms with Crippen molar-refractivity contribution in [3.8, 4) is 0 Å². The van der Waals surface area contributed by atoms with Gasteiger partial charge < -0.3 is 0 Å². The Hall–Kier alpha value is 0.300. The molecule has 0 spiro atoms. The predicted molar refractivity (Wildman–Crippen MR) is 76.5 cm³/mol. The molecule has 2 atom stereocenters. The van der Waals surface area contributed by atoms with Gasteiger partial charge in [0, 0.05) is 11.1 Å². The Labute approximate surface area is 137 Å². The number of hydrogen-bond acceptors (Lipinski definition) is 2. The summed E-state index contributed by atoms with van der Waals surface area (Å²) in [4.78, 5) is 20.4. The lowest BCUT2D eigenvalue weighted by molar-refractivity contribution is -0.115. The first kappa shape index (κ1) is 14.2. The zero-order valence-corrected chi connectivity index (χ0v) is 13.3. The maximum Gasteiger partial charge on any atom is 0.184 e. The van der Waals surface area contributed by atoms with E-state index in [0.29, 0.717) is 0 Å². The van der Waals surface area contributed by atoms with Crippen molar-refractivity contribution in [2.45, 2.75) is 14.1 Å². The standard InChI is InChI=1S/C11H2Cl6O2/c12-7-8(13)10(15)6-4(19)2-1-3(18)5(6)9(7,14)11(10,16)17/h1-2H/t9-,10-/m1/s1. The van der Waals surface area contributed by atoms with Crippen LogP contribution in [0.25, 0.3) is 0 Å². The van der Waals surface area contributed by atoms with Gasteiger partial charge in [0.1, 0.15) is 9.75 Å². The Morgan fingerprint density at radius 1 is 0.737 bits per heavy atom. The second-order valence-corrected chi connectivity index (χ2v) is 7.55. The van der Waals surface area contributed by atoms with E-state index in [2.05, 4.69) is 0 Å². The second kappa shape index (κ2) is 3.73. The van der Waals surface area contributed by atoms with Gasteiger partial charge in [0.15, 0.2) is 15.9 Å². The van der Waals surface area contributed by atoms with Crippen LogP contribution in [0.5, 0.6) is 0 Å². The number of halogens is 6. The van der Waals surface area contributed by atoms with E-state index in [9.17, 15) is 9.59 Å². The first-order chi connectivity index (χ1) is 8.61. The average molecular weight is 379 g/mol. The summed E-state index contributed by atoms with van der Waals surface area (Å²) < 4.78 is -1.93. The molecule has 0 aromatic carbocycles. The summed E-state index contributed by atoms with van der Waals surface area (Å²) in [5, 5.41) is -0.267. The van der Waals surface area contributed by atoms with Crippen LogP contribution in [0.4, 0.5) is 0 Å². The number of alkyl halides is 4. The molecule has 3 rings (SSSR count). The van der Waals surface area contributed by atoms with Crippen LogP contribution in [0.1, 0.15) is 0 Å². The Morgan fingerprint density at radius 2 is 1.05 bits per heavy atom. The molecule has 0 saturated heterocycles. The highest BCUT2D eigenvalue weighted by atomic mass is 35.5. The Balaban J connectivity index is 2.44. The van der Waals surface area contributed by atoms with Crippen LogP contribution < -0.4 is 0 Å². The van der Waals surface area contributed by atoms with E-state index in [1.807, 2.05) is 0 Å². The molecule has 0 unspecified atom stereocenters. The largest absolute Gasteiger partial charge is 0.290 e. The van der Waals surface area contributed by atoms with Crippen LogP contribution in [-0.4, -0.2) is 25.6 Å². The number of carbonyl (C=O) groups excluding carboxylic acids is 2. The molecule has 0 aromatic heterocycles. The van der Waals surface area contributed by atoms with E-state index < -0.39 is 25.6 Å². The first-order valence-corrected chi connectivity index (χ1v) is 7.22. The summed E-state index contributed by atoms with van der Waals surface area (Å²) in [6.07, 6.45) is 2.16. The van der Waals surface area contributed by atoms with Gasteiger partial charge >= 0.3 is 0 Å². The van der Waals surface area contributed by atoms with Crippen LogP contribution >= 0.6 is 69.6 Å². The number of hydrogen-bond donors (Lipinski definition) is 0. The molecule has 2 bridgehead atoms. The number of ketones is 2. The molecule has 100 valence electrons. The fourth-order valence-corrected chi connectivity index (χ4v) is 5.30. The van der Waals surface area contributed by atoms with Crippen molar-refractivity contribution in [1.82, 2.24) is 0 Å². The third-order valence-corrected chi connectivity index (χ3v) is 7.56. The monoisotopic (exact) mass is 376 g/mol. The van der Waals surface area contributed by atoms with E-state index in [1.165, 1.54) is 0 Å². The van der Waals surface area contributed by atoms with Gasteiger partial charge in [-0.1, -0.05) is 46.4 Å². The van der Waals surface area contributed by atoms with Gasteiger partial charge in [-0.3, -0.25) is 9.59 Å². The lowest BCUT2D eigenvalue weighted by Crippen LogP contribution is -2.46. The van der Waals surface area contributed by atoms with Gasteiger partial charge in [-0.2, -0.15) is 0 Å². The summed E-state index contributed by atoms with van der Waals surface area (Å²) in [5.74, 6) is -1.03. The Kier molecular flexibility index (Phi) is 2.80. The topological polar surface area (TPSA) is 34.1 Å². The quantitative estimate of drug-likeness (QED) is 0.474. The molecule has 3 aliphatic carbocycles. The zero-order chi connectivity index (χ0) is 14.4. The Morgan fingerprint density at radius 3 is 1.37 bits per heavy atom. The van der Waals surface area contributed by atoms with Crippen molar-refractivity contribution in [3.05, 3.63) is 33.4 Å². The van der Waals surface area contributed by atoms with Crippen LogP contribution in [0.3, 0.4) is 0 Å². The molecule has 8 heteroatoms. The molecule has 0 amide bonds. The molecular weight excluding hydrogens is 377 g/mol. The lowest BCUT2D eigenvalue weighted by atomic mass is 9.86. The highest BCUT2D eigenvalue weighted by Crippen LogP contribution is 2.74. The highest BCUT2D eigenvalue weighted by molar-refractivity contribution is 6.69. The summed E-state index contributed by atoms with van der Waals surface area (Å²) >= 11 is 37.3. The fraction of sp³-hybridized carbons (Fsp3) is 0.273. The van der Waals surface area contributed by atoms with Crippen molar-refractivity contribution in [2.24, 2.45) is 0 Å². The highest BCUT2D eigenvalue weighted by Gasteiger charge is 2.80. The lowest BCUT2D eigenvalue weighted by Gasteiger charge is -2.32. The van der Waals surface area contributed by atoms with E-state index in [0.717, 1.165) is 12.2 Å². The smallest absolute Gasteiger partial charge is 0.184 e. The van der Waals surface area contributed by atoms with Crippen LogP contribution in [-0.2, 0) is 9.59 Å². The molecule has 0 N–H and O–H groups in total. The second-order valence-electron chi connectivity index (χ2n) is 4.33. The number of carbonyl (C=O) groups is 2. The third-order valence-electron chi connectivity index (χ3n) is 3.48. The SMILES string of the molecule is O=C1C=CC(=O)C2=C1[C@@]1(Cl)C(Cl)=C(Cl)[C@@]2(Cl)C1(Cl)Cl. The molecule has 0 saturated carbocycles. The zero-order valence-electron chi connectivity index (χ0n) is 8.74. The summed E-state index contributed by atoms with van der Waals surface area (Å²) in [6, 6.07) is 0. The molecular formula is C11H2Cl6O2. The number of fused-ring (bicyclic) bond motifs is 4. The van der Waals surface area contributed by atoms with Crippen molar-refractivity contribution in [3.63, 3.8) is 0 Å². The average Bonchev–Trinajstić information content (AvgIpc) is 2.55. The minimum absolute atomic E-state index is 0.101. The fourth-order valence-electron chi connectivity index (χ4n) is 2.60. The summed E-state index contributed by atoms with van der Waals surface area (Å²) in [5.41, 5.74) is -0.202. The van der Waals surface area contributed by atoms with Crippen molar-refractivity contribution in [2.75, 3.05) is 0 Å². The van der Waals surface area contributed by atoms with Crippen molar-refractivity contribution in [1.29, 1.82) is 0 Å². The van der Waals surface area contributed by atoms with Crippen LogP contribution in [0.2, 0.25) is 0 Å². The Bertz CT molecular complexity index is 606. The molecule has 0 aromatic rings. The van der Waals surface area contributed by atoms with E-state index in [4.69, 9.17) is 69.6 Å². The number of rotatable bonds is 0. The molecule has 3 aliphatic rings. The minimum Gasteiger partial charge on any atom is -0.290 e. The van der Waals surface area contributed by atoms with Crippen LogP contribution in [0.15, 0.2) is 33.4 Å². The summed E-state index contributed by atoms with van der Waals surface area (Å²) in [6.45, 7) is 0. The normalized spacial score (nSPS) is 39.5. The first-order valence-electron chi connectivity index (χ1n) is 4.95. The molecule has 0 aliphatic heterocycles. The van der Waals surface area contributed by atoms with E-state index in [-0.39, 0.29) is 21.2 Å². The minimum atomic E-state index is -1.93. The van der Waals surface area contributed by atoms with E-state index in [1.54, 1.807) is 0 Å².